The van der Waals surface area contributed by atoms with Crippen LogP contribution in [-0.4, -0.2) is 22.9 Å². The summed E-state index contributed by atoms with van der Waals surface area (Å²) in [5.74, 6) is -0.492. The Balaban J connectivity index is 1.90. The van der Waals surface area contributed by atoms with E-state index < -0.39 is 17.7 Å². The van der Waals surface area contributed by atoms with Crippen LogP contribution in [0, 0.1) is 13.8 Å². The number of aliphatic hydroxyl groups is 1. The Kier molecular flexibility index (Phi) is 7.02. The highest BCUT2D eigenvalue weighted by Crippen LogP contribution is 2.43. The van der Waals surface area contributed by atoms with E-state index in [2.05, 4.69) is 13.8 Å². The number of anilines is 1. The minimum absolute atomic E-state index is 0.0188. The quantitative estimate of drug-likeness (QED) is 0.237. The number of aryl methyl sites for hydroxylation is 2. The molecule has 1 fully saturated rings. The van der Waals surface area contributed by atoms with Crippen LogP contribution in [-0.2, 0) is 9.59 Å². The van der Waals surface area contributed by atoms with Crippen molar-refractivity contribution in [1.29, 1.82) is 0 Å². The van der Waals surface area contributed by atoms with Gasteiger partial charge in [0.2, 0.25) is 0 Å². The van der Waals surface area contributed by atoms with Crippen molar-refractivity contribution in [2.75, 3.05) is 4.90 Å². The minimum Gasteiger partial charge on any atom is -0.507 e. The molecule has 3 aromatic rings. The first-order valence-corrected chi connectivity index (χ1v) is 12.3. The maximum Gasteiger partial charge on any atom is 0.300 e. The van der Waals surface area contributed by atoms with Crippen LogP contribution < -0.4 is 9.64 Å². The Labute approximate surface area is 213 Å². The van der Waals surface area contributed by atoms with Crippen molar-refractivity contribution in [2.45, 2.75) is 59.6 Å². The molecule has 0 bridgehead atoms. The number of carbonyl (C=O) groups is 2. The molecule has 1 amide bonds. The molecule has 1 saturated heterocycles. The molecule has 3 aromatic carbocycles. The molecule has 1 aliphatic heterocycles. The molecule has 36 heavy (non-hydrogen) atoms. The molecule has 0 spiro atoms. The van der Waals surface area contributed by atoms with Crippen molar-refractivity contribution < 1.29 is 19.4 Å². The molecule has 186 valence electrons. The van der Waals surface area contributed by atoms with E-state index in [1.165, 1.54) is 4.90 Å². The number of nitrogens with zero attached hydrogens (tertiary/aromatic N) is 1. The van der Waals surface area contributed by atoms with Crippen molar-refractivity contribution in [3.8, 4) is 5.75 Å². The van der Waals surface area contributed by atoms with Crippen molar-refractivity contribution in [3.63, 3.8) is 0 Å². The molecule has 5 nitrogen and oxygen atoms in total. The van der Waals surface area contributed by atoms with Gasteiger partial charge in [-0.2, -0.15) is 0 Å². The molecule has 1 heterocycles. The predicted octanol–water partition coefficient (Wildman–Crippen LogP) is 6.84. The summed E-state index contributed by atoms with van der Waals surface area (Å²) in [4.78, 5) is 28.4. The van der Waals surface area contributed by atoms with Gasteiger partial charge in [0.1, 0.15) is 11.5 Å². The highest BCUT2D eigenvalue weighted by atomic mass is 16.5. The van der Waals surface area contributed by atoms with Gasteiger partial charge >= 0.3 is 0 Å². The van der Waals surface area contributed by atoms with E-state index >= 15 is 0 Å². The zero-order valence-electron chi connectivity index (χ0n) is 21.7. The van der Waals surface area contributed by atoms with Crippen molar-refractivity contribution in [3.05, 3.63) is 100 Å². The SMILES string of the molecule is Cc1ccc(C)c(/C(O)=C2\C(=O)C(=O)N(c3ccc(C(C)C)cc3)C2c2ccc(OC(C)C)cc2)c1. The summed E-state index contributed by atoms with van der Waals surface area (Å²) in [5.41, 5.74) is 4.86. The van der Waals surface area contributed by atoms with Crippen LogP contribution in [0.2, 0.25) is 0 Å². The third kappa shape index (κ3) is 4.78. The smallest absolute Gasteiger partial charge is 0.300 e. The van der Waals surface area contributed by atoms with Crippen LogP contribution in [0.4, 0.5) is 5.69 Å². The number of amides is 1. The number of benzene rings is 3. The van der Waals surface area contributed by atoms with E-state index in [9.17, 15) is 14.7 Å². The van der Waals surface area contributed by atoms with Gasteiger partial charge in [0, 0.05) is 11.3 Å². The average Bonchev–Trinajstić information content (AvgIpc) is 3.10. The van der Waals surface area contributed by atoms with E-state index in [4.69, 9.17) is 4.74 Å². The minimum atomic E-state index is -0.775. The van der Waals surface area contributed by atoms with Crippen molar-refractivity contribution in [1.82, 2.24) is 0 Å². The standard InChI is InChI=1S/C31H33NO4/c1-18(2)22-9-13-24(14-10-22)32-28(23-11-15-25(16-12-23)36-19(3)4)27(30(34)31(32)35)29(33)26-17-20(5)7-8-21(26)6/h7-19,28,33H,1-6H3/b29-27+. The number of Topliss-reactive ketones (excluding diaryl/α,β-unsaturated/α-hetero) is 1. The molecular weight excluding hydrogens is 450 g/mol. The Morgan fingerprint density at radius 2 is 1.53 bits per heavy atom. The first-order valence-electron chi connectivity index (χ1n) is 12.3. The molecule has 0 aromatic heterocycles. The van der Waals surface area contributed by atoms with Crippen LogP contribution in [0.1, 0.15) is 67.5 Å². The lowest BCUT2D eigenvalue weighted by Gasteiger charge is -2.26. The highest BCUT2D eigenvalue weighted by Gasteiger charge is 2.47. The van der Waals surface area contributed by atoms with Gasteiger partial charge in [-0.3, -0.25) is 14.5 Å². The maximum atomic E-state index is 13.4. The molecular formula is C31H33NO4. The molecule has 5 heteroatoms. The Morgan fingerprint density at radius 3 is 2.11 bits per heavy atom. The number of hydrogen-bond acceptors (Lipinski definition) is 4. The van der Waals surface area contributed by atoms with Crippen LogP contribution in [0.15, 0.2) is 72.3 Å². The van der Waals surface area contributed by atoms with Crippen LogP contribution >= 0.6 is 0 Å². The highest BCUT2D eigenvalue weighted by molar-refractivity contribution is 6.51. The summed E-state index contributed by atoms with van der Waals surface area (Å²) in [7, 11) is 0. The zero-order chi connectivity index (χ0) is 26.1. The summed E-state index contributed by atoms with van der Waals surface area (Å²) >= 11 is 0. The van der Waals surface area contributed by atoms with Crippen molar-refractivity contribution >= 4 is 23.1 Å². The van der Waals surface area contributed by atoms with Gasteiger partial charge in [-0.05, 0) is 80.6 Å². The second-order valence-corrected chi connectivity index (χ2v) is 9.97. The van der Waals surface area contributed by atoms with E-state index in [1.807, 2.05) is 94.4 Å². The zero-order valence-corrected chi connectivity index (χ0v) is 21.7. The summed E-state index contributed by atoms with van der Waals surface area (Å²) in [6.07, 6.45) is 0.0188. The normalized spacial score (nSPS) is 17.3. The lowest BCUT2D eigenvalue weighted by molar-refractivity contribution is -0.132. The van der Waals surface area contributed by atoms with Gasteiger partial charge in [0.05, 0.1) is 17.7 Å². The fraction of sp³-hybridized carbons (Fsp3) is 0.290. The fourth-order valence-corrected chi connectivity index (χ4v) is 4.57. The molecule has 1 aliphatic rings. The van der Waals surface area contributed by atoms with Crippen molar-refractivity contribution in [2.24, 2.45) is 0 Å². The fourth-order valence-electron chi connectivity index (χ4n) is 4.57. The molecule has 0 saturated carbocycles. The van der Waals surface area contributed by atoms with Crippen LogP contribution in [0.3, 0.4) is 0 Å². The molecule has 1 unspecified atom stereocenters. The maximum absolute atomic E-state index is 13.4. The summed E-state index contributed by atoms with van der Waals surface area (Å²) < 4.78 is 5.78. The first kappa shape index (κ1) is 25.2. The van der Waals surface area contributed by atoms with E-state index in [0.29, 0.717) is 28.5 Å². The lowest BCUT2D eigenvalue weighted by Crippen LogP contribution is -2.29. The molecule has 4 rings (SSSR count). The molecule has 0 aliphatic carbocycles. The molecule has 0 radical (unpaired) electrons. The lowest BCUT2D eigenvalue weighted by atomic mass is 9.93. The Bertz CT molecular complexity index is 1320. The van der Waals surface area contributed by atoms with E-state index in [0.717, 1.165) is 16.7 Å². The number of carbonyl (C=O) groups excluding carboxylic acids is 2. The van der Waals surface area contributed by atoms with Crippen LogP contribution in [0.5, 0.6) is 5.75 Å². The van der Waals surface area contributed by atoms with Gasteiger partial charge in [-0.25, -0.2) is 0 Å². The van der Waals surface area contributed by atoms with E-state index in [1.54, 1.807) is 0 Å². The average molecular weight is 484 g/mol. The van der Waals surface area contributed by atoms with Gasteiger partial charge in [0.15, 0.2) is 0 Å². The van der Waals surface area contributed by atoms with Gasteiger partial charge in [-0.15, -0.1) is 0 Å². The third-order valence-corrected chi connectivity index (χ3v) is 6.50. The topological polar surface area (TPSA) is 66.8 Å². The molecule has 1 atom stereocenters. The monoisotopic (exact) mass is 483 g/mol. The Morgan fingerprint density at radius 1 is 0.889 bits per heavy atom. The summed E-state index contributed by atoms with van der Waals surface area (Å²) in [6.45, 7) is 11.9. The predicted molar refractivity (Wildman–Crippen MR) is 143 cm³/mol. The van der Waals surface area contributed by atoms with Gasteiger partial charge in [0.25, 0.3) is 11.7 Å². The number of ether oxygens (including phenoxy) is 1. The van der Waals surface area contributed by atoms with E-state index in [-0.39, 0.29) is 17.4 Å². The summed E-state index contributed by atoms with van der Waals surface area (Å²) in [6, 6.07) is 19.9. The van der Waals surface area contributed by atoms with Gasteiger partial charge < -0.3 is 9.84 Å². The number of hydrogen-bond donors (Lipinski definition) is 1. The number of ketones is 1. The second kappa shape index (κ2) is 10.0. The first-order chi connectivity index (χ1) is 17.1. The summed E-state index contributed by atoms with van der Waals surface area (Å²) in [5, 5.41) is 11.5. The number of rotatable bonds is 6. The largest absolute Gasteiger partial charge is 0.507 e. The van der Waals surface area contributed by atoms with Gasteiger partial charge in [-0.1, -0.05) is 55.8 Å². The number of aliphatic hydroxyl groups excluding tert-OH is 1. The molecule has 1 N–H and O–H groups in total. The second-order valence-electron chi connectivity index (χ2n) is 9.97. The third-order valence-electron chi connectivity index (χ3n) is 6.50. The van der Waals surface area contributed by atoms with Crippen LogP contribution in [0.25, 0.3) is 5.76 Å². The Hall–Kier alpha value is -3.86.